The van der Waals surface area contributed by atoms with Crippen molar-refractivity contribution in [2.45, 2.75) is 49.1 Å². The van der Waals surface area contributed by atoms with Crippen molar-refractivity contribution in [1.29, 1.82) is 0 Å². The molecule has 1 aliphatic rings. The Bertz CT molecular complexity index is 450. The first kappa shape index (κ1) is 14.4. The predicted octanol–water partition coefficient (Wildman–Crippen LogP) is 3.75. The third-order valence-electron chi connectivity index (χ3n) is 3.15. The van der Waals surface area contributed by atoms with Gasteiger partial charge < -0.3 is 5.73 Å². The molecule has 0 aliphatic heterocycles. The molecule has 2 N–H and O–H groups in total. The normalized spacial score (nSPS) is 24.4. The second-order valence-electron chi connectivity index (χ2n) is 4.96. The fourth-order valence-corrected chi connectivity index (χ4v) is 3.66. The van der Waals surface area contributed by atoms with Gasteiger partial charge in [0.05, 0.1) is 0 Å². The average Bonchev–Trinajstić information content (AvgIpc) is 2.26. The summed E-state index contributed by atoms with van der Waals surface area (Å²) in [6.45, 7) is 2.17. The van der Waals surface area contributed by atoms with Gasteiger partial charge in [0.1, 0.15) is 10.8 Å². The molecule has 1 heterocycles. The van der Waals surface area contributed by atoms with Crippen LogP contribution in [0.3, 0.4) is 0 Å². The highest BCUT2D eigenvalue weighted by Crippen LogP contribution is 2.36. The van der Waals surface area contributed by atoms with Gasteiger partial charge in [0, 0.05) is 11.3 Å². The number of alkyl halides is 3. The molecular weight excluding hydrogens is 275 g/mol. The minimum Gasteiger partial charge on any atom is -0.384 e. The number of aromatic nitrogens is 2. The van der Waals surface area contributed by atoms with Crippen LogP contribution in [-0.4, -0.2) is 15.2 Å². The Morgan fingerprint density at radius 3 is 2.68 bits per heavy atom. The molecule has 2 unspecified atom stereocenters. The van der Waals surface area contributed by atoms with Crippen LogP contribution in [0.4, 0.5) is 19.0 Å². The Labute approximate surface area is 114 Å². The number of anilines is 1. The summed E-state index contributed by atoms with van der Waals surface area (Å²) in [5.74, 6) is -0.667. The quantitative estimate of drug-likeness (QED) is 0.843. The van der Waals surface area contributed by atoms with E-state index in [0.29, 0.717) is 16.2 Å². The Kier molecular flexibility index (Phi) is 4.23. The number of hydrogen-bond donors (Lipinski definition) is 1. The predicted molar refractivity (Wildman–Crippen MR) is 68.7 cm³/mol. The summed E-state index contributed by atoms with van der Waals surface area (Å²) in [5.41, 5.74) is 5.42. The lowest BCUT2D eigenvalue weighted by atomic mass is 9.91. The van der Waals surface area contributed by atoms with Crippen LogP contribution >= 0.6 is 11.8 Å². The molecule has 1 aromatic heterocycles. The highest BCUT2D eigenvalue weighted by atomic mass is 32.2. The number of nitrogen functional groups attached to an aromatic ring is 1. The molecule has 2 rings (SSSR count). The Hall–Kier alpha value is -0.980. The van der Waals surface area contributed by atoms with Gasteiger partial charge in [-0.15, -0.1) is 11.8 Å². The van der Waals surface area contributed by atoms with Gasteiger partial charge in [-0.25, -0.2) is 9.97 Å². The number of halogens is 3. The second kappa shape index (κ2) is 5.56. The summed E-state index contributed by atoms with van der Waals surface area (Å²) in [6, 6.07) is 1.42. The monoisotopic (exact) mass is 291 g/mol. The van der Waals surface area contributed by atoms with Crippen molar-refractivity contribution in [2.24, 2.45) is 5.92 Å². The summed E-state index contributed by atoms with van der Waals surface area (Å²) in [4.78, 5) is 6.81. The Morgan fingerprint density at radius 2 is 2.05 bits per heavy atom. The highest BCUT2D eigenvalue weighted by molar-refractivity contribution is 7.99. The molecule has 7 heteroatoms. The average molecular weight is 291 g/mol. The smallest absolute Gasteiger partial charge is 0.384 e. The third-order valence-corrected chi connectivity index (χ3v) is 4.36. The van der Waals surface area contributed by atoms with Crippen LogP contribution in [0.2, 0.25) is 0 Å². The van der Waals surface area contributed by atoms with Crippen molar-refractivity contribution in [1.82, 2.24) is 9.97 Å². The van der Waals surface area contributed by atoms with Gasteiger partial charge in [0.2, 0.25) is 5.82 Å². The van der Waals surface area contributed by atoms with E-state index in [9.17, 15) is 13.2 Å². The first-order chi connectivity index (χ1) is 8.84. The van der Waals surface area contributed by atoms with Gasteiger partial charge in [-0.05, 0) is 18.8 Å². The lowest BCUT2D eigenvalue weighted by Gasteiger charge is -2.25. The molecule has 19 heavy (non-hydrogen) atoms. The van der Waals surface area contributed by atoms with E-state index in [2.05, 4.69) is 16.9 Å². The van der Waals surface area contributed by atoms with Gasteiger partial charge in [-0.1, -0.05) is 19.8 Å². The molecule has 3 nitrogen and oxygen atoms in total. The van der Waals surface area contributed by atoms with Crippen molar-refractivity contribution in [3.63, 3.8) is 0 Å². The van der Waals surface area contributed by atoms with Crippen molar-refractivity contribution in [3.05, 3.63) is 11.9 Å². The van der Waals surface area contributed by atoms with Crippen LogP contribution in [0.1, 0.15) is 38.4 Å². The summed E-state index contributed by atoms with van der Waals surface area (Å²) in [5, 5.41) is 0.637. The summed E-state index contributed by atoms with van der Waals surface area (Å²) in [7, 11) is 0. The summed E-state index contributed by atoms with van der Waals surface area (Å²) < 4.78 is 37.8. The molecule has 106 valence electrons. The molecule has 0 amide bonds. The van der Waals surface area contributed by atoms with Crippen LogP contribution in [0.5, 0.6) is 0 Å². The van der Waals surface area contributed by atoms with E-state index in [1.807, 2.05) is 0 Å². The van der Waals surface area contributed by atoms with Crippen molar-refractivity contribution in [3.8, 4) is 0 Å². The van der Waals surface area contributed by atoms with E-state index in [4.69, 9.17) is 5.73 Å². The highest BCUT2D eigenvalue weighted by Gasteiger charge is 2.35. The minimum atomic E-state index is -4.55. The topological polar surface area (TPSA) is 51.8 Å². The number of nitrogens with zero attached hydrogens (tertiary/aromatic N) is 2. The summed E-state index contributed by atoms with van der Waals surface area (Å²) >= 11 is 1.38. The fraction of sp³-hybridized carbons (Fsp3) is 0.667. The maximum atomic E-state index is 12.6. The van der Waals surface area contributed by atoms with E-state index in [1.165, 1.54) is 24.2 Å². The lowest BCUT2D eigenvalue weighted by molar-refractivity contribution is -0.145. The molecule has 2 atom stereocenters. The molecule has 0 aromatic carbocycles. The van der Waals surface area contributed by atoms with Gasteiger partial charge >= 0.3 is 6.18 Å². The SMILES string of the molecule is CC1CCCC(Sc2cc(N)nc(C(F)(F)F)n2)C1. The van der Waals surface area contributed by atoms with Gasteiger partial charge in [-0.2, -0.15) is 13.2 Å². The van der Waals surface area contributed by atoms with Crippen molar-refractivity contribution >= 4 is 17.6 Å². The maximum absolute atomic E-state index is 12.6. The Morgan fingerprint density at radius 1 is 1.32 bits per heavy atom. The molecule has 1 aromatic rings. The lowest BCUT2D eigenvalue weighted by Crippen LogP contribution is -2.16. The molecule has 1 aliphatic carbocycles. The van der Waals surface area contributed by atoms with E-state index in [0.717, 1.165) is 19.3 Å². The van der Waals surface area contributed by atoms with E-state index in [1.54, 1.807) is 0 Å². The number of thioether (sulfide) groups is 1. The van der Waals surface area contributed by atoms with E-state index in [-0.39, 0.29) is 5.82 Å². The second-order valence-corrected chi connectivity index (χ2v) is 6.28. The largest absolute Gasteiger partial charge is 0.451 e. The van der Waals surface area contributed by atoms with E-state index < -0.39 is 12.0 Å². The number of nitrogens with two attached hydrogens (primary N) is 1. The Balaban J connectivity index is 2.14. The molecule has 1 fully saturated rings. The molecular formula is C12H16F3N3S. The van der Waals surface area contributed by atoms with Crippen LogP contribution in [0, 0.1) is 5.92 Å². The van der Waals surface area contributed by atoms with Crippen molar-refractivity contribution in [2.75, 3.05) is 5.73 Å². The van der Waals surface area contributed by atoms with Crippen molar-refractivity contribution < 1.29 is 13.2 Å². The van der Waals surface area contributed by atoms with Gasteiger partial charge in [0.15, 0.2) is 0 Å². The third kappa shape index (κ3) is 3.99. The fourth-order valence-electron chi connectivity index (χ4n) is 2.29. The van der Waals surface area contributed by atoms with Gasteiger partial charge in [-0.3, -0.25) is 0 Å². The minimum absolute atomic E-state index is 0.131. The maximum Gasteiger partial charge on any atom is 0.451 e. The van der Waals surface area contributed by atoms with E-state index >= 15 is 0 Å². The zero-order valence-corrected chi connectivity index (χ0v) is 11.4. The molecule has 0 radical (unpaired) electrons. The number of hydrogen-bond acceptors (Lipinski definition) is 4. The summed E-state index contributed by atoms with van der Waals surface area (Å²) in [6.07, 6.45) is -0.219. The first-order valence-corrected chi connectivity index (χ1v) is 7.11. The zero-order valence-electron chi connectivity index (χ0n) is 10.6. The molecule has 0 saturated heterocycles. The molecule has 1 saturated carbocycles. The van der Waals surface area contributed by atoms with Crippen LogP contribution in [-0.2, 0) is 6.18 Å². The van der Waals surface area contributed by atoms with Crippen LogP contribution in [0.25, 0.3) is 0 Å². The number of rotatable bonds is 2. The standard InChI is InChI=1S/C12H16F3N3S/c1-7-3-2-4-8(5-7)19-10-6-9(16)17-11(18-10)12(13,14)15/h6-8H,2-5H2,1H3,(H2,16,17,18). The van der Waals surface area contributed by atoms with Crippen LogP contribution < -0.4 is 5.73 Å². The molecule has 0 spiro atoms. The first-order valence-electron chi connectivity index (χ1n) is 6.23. The van der Waals surface area contributed by atoms with Crippen LogP contribution in [0.15, 0.2) is 11.1 Å². The molecule has 0 bridgehead atoms. The van der Waals surface area contributed by atoms with Gasteiger partial charge in [0.25, 0.3) is 0 Å². The zero-order chi connectivity index (χ0) is 14.0.